The molecule has 0 bridgehead atoms. The highest BCUT2D eigenvalue weighted by molar-refractivity contribution is 5.95. The van der Waals surface area contributed by atoms with Crippen LogP contribution in [0.5, 0.6) is 0 Å². The van der Waals surface area contributed by atoms with E-state index in [2.05, 4.69) is 24.3 Å². The zero-order valence-electron chi connectivity index (χ0n) is 15.6. The van der Waals surface area contributed by atoms with Crippen molar-refractivity contribution in [2.75, 3.05) is 5.32 Å². The maximum atomic E-state index is 12.3. The van der Waals surface area contributed by atoms with Gasteiger partial charge in [0, 0.05) is 11.1 Å². The molecule has 0 fully saturated rings. The Hall–Kier alpha value is -3.15. The number of aromatic nitrogens is 1. The molecule has 3 aromatic rings. The van der Waals surface area contributed by atoms with E-state index in [-0.39, 0.29) is 12.3 Å². The van der Waals surface area contributed by atoms with Gasteiger partial charge in [-0.1, -0.05) is 43.3 Å². The van der Waals surface area contributed by atoms with Gasteiger partial charge in [-0.15, -0.1) is 0 Å². The molecule has 1 atom stereocenters. The van der Waals surface area contributed by atoms with Crippen molar-refractivity contribution in [3.8, 4) is 0 Å². The van der Waals surface area contributed by atoms with E-state index < -0.39 is 12.1 Å². The first-order valence-electron chi connectivity index (χ1n) is 8.87. The number of anilines is 1. The van der Waals surface area contributed by atoms with Crippen LogP contribution in [-0.4, -0.2) is 23.1 Å². The summed E-state index contributed by atoms with van der Waals surface area (Å²) in [5.74, 6) is -0.500. The van der Waals surface area contributed by atoms with Gasteiger partial charge in [0.25, 0.3) is 5.91 Å². The van der Waals surface area contributed by atoms with Crippen molar-refractivity contribution >= 4 is 28.5 Å². The van der Waals surface area contributed by atoms with Crippen LogP contribution in [0.4, 0.5) is 5.69 Å². The first kappa shape index (κ1) is 18.6. The van der Waals surface area contributed by atoms with E-state index in [1.165, 1.54) is 12.5 Å². The molecule has 1 amide bonds. The van der Waals surface area contributed by atoms with E-state index in [0.29, 0.717) is 22.9 Å². The maximum Gasteiger partial charge on any atom is 0.312 e. The largest absolute Gasteiger partial charge is 0.452 e. The predicted octanol–water partition coefficient (Wildman–Crippen LogP) is 4.06. The van der Waals surface area contributed by atoms with Crippen LogP contribution in [0, 0.1) is 0 Å². The van der Waals surface area contributed by atoms with Crippen molar-refractivity contribution in [3.05, 3.63) is 59.8 Å². The summed E-state index contributed by atoms with van der Waals surface area (Å²) in [5.41, 5.74) is 2.95. The van der Waals surface area contributed by atoms with E-state index in [0.717, 1.165) is 5.39 Å². The number of rotatable bonds is 6. The summed E-state index contributed by atoms with van der Waals surface area (Å²) in [6, 6.07) is 14.9. The van der Waals surface area contributed by atoms with Gasteiger partial charge < -0.3 is 14.6 Å². The molecule has 0 aliphatic heterocycles. The summed E-state index contributed by atoms with van der Waals surface area (Å²) in [6.45, 7) is 5.75. The van der Waals surface area contributed by atoms with Crippen LogP contribution >= 0.6 is 0 Å². The molecule has 1 aromatic heterocycles. The number of carbonyl (C=O) groups excluding carboxylic acids is 2. The summed E-state index contributed by atoms with van der Waals surface area (Å²) in [5, 5.41) is 7.41. The van der Waals surface area contributed by atoms with Gasteiger partial charge in [0.15, 0.2) is 11.7 Å². The summed E-state index contributed by atoms with van der Waals surface area (Å²) in [4.78, 5) is 24.4. The zero-order chi connectivity index (χ0) is 19.4. The minimum Gasteiger partial charge on any atom is -0.452 e. The third-order valence-electron chi connectivity index (χ3n) is 4.29. The Morgan fingerprint density at radius 2 is 1.78 bits per heavy atom. The molecule has 2 aromatic carbocycles. The van der Waals surface area contributed by atoms with Gasteiger partial charge in [-0.2, -0.15) is 0 Å². The highest BCUT2D eigenvalue weighted by atomic mass is 16.5. The molecule has 0 saturated heterocycles. The summed E-state index contributed by atoms with van der Waals surface area (Å²) in [6.07, 6.45) is -0.974. The second kappa shape index (κ2) is 8.03. The molecular weight excluding hydrogens is 344 g/mol. The quantitative estimate of drug-likeness (QED) is 0.665. The molecule has 0 unspecified atom stereocenters. The number of nitrogens with zero attached hydrogens (tertiary/aromatic N) is 1. The van der Waals surface area contributed by atoms with Crippen LogP contribution in [0.3, 0.4) is 0 Å². The molecule has 0 radical (unpaired) electrons. The van der Waals surface area contributed by atoms with Gasteiger partial charge in [-0.3, -0.25) is 9.59 Å². The molecule has 0 aliphatic rings. The Labute approximate surface area is 157 Å². The normalized spacial score (nSPS) is 12.1. The third kappa shape index (κ3) is 4.53. The number of benzene rings is 2. The molecular formula is C21H22N2O4. The highest BCUT2D eigenvalue weighted by Gasteiger charge is 2.20. The Bertz CT molecular complexity index is 944. The molecule has 6 nitrogen and oxygen atoms in total. The molecule has 0 spiro atoms. The van der Waals surface area contributed by atoms with Crippen molar-refractivity contribution in [1.82, 2.24) is 5.16 Å². The number of hydrogen-bond acceptors (Lipinski definition) is 5. The molecule has 0 aliphatic carbocycles. The van der Waals surface area contributed by atoms with Crippen LogP contribution in [0.2, 0.25) is 0 Å². The lowest BCUT2D eigenvalue weighted by molar-refractivity contribution is -0.152. The fraction of sp³-hybridized carbons (Fsp3) is 0.286. The monoisotopic (exact) mass is 366 g/mol. The fourth-order valence-corrected chi connectivity index (χ4v) is 2.69. The molecule has 3 rings (SSSR count). The first-order chi connectivity index (χ1) is 12.9. The Kier molecular flexibility index (Phi) is 5.54. The Balaban J connectivity index is 1.56. The molecule has 1 heterocycles. The van der Waals surface area contributed by atoms with Gasteiger partial charge in [-0.05, 0) is 42.7 Å². The van der Waals surface area contributed by atoms with E-state index in [9.17, 15) is 9.59 Å². The van der Waals surface area contributed by atoms with Gasteiger partial charge in [-0.25, -0.2) is 0 Å². The summed E-state index contributed by atoms with van der Waals surface area (Å²) < 4.78 is 10.4. The van der Waals surface area contributed by atoms with E-state index in [1.807, 2.05) is 42.5 Å². The topological polar surface area (TPSA) is 81.4 Å². The van der Waals surface area contributed by atoms with Crippen molar-refractivity contribution in [3.63, 3.8) is 0 Å². The number of esters is 1. The van der Waals surface area contributed by atoms with E-state index in [4.69, 9.17) is 9.26 Å². The third-order valence-corrected chi connectivity index (χ3v) is 4.29. The first-order valence-corrected chi connectivity index (χ1v) is 8.87. The van der Waals surface area contributed by atoms with Gasteiger partial charge in [0.1, 0.15) is 5.69 Å². The van der Waals surface area contributed by atoms with Gasteiger partial charge >= 0.3 is 5.97 Å². The van der Waals surface area contributed by atoms with Crippen LogP contribution in [0.15, 0.2) is 53.1 Å². The molecule has 1 N–H and O–H groups in total. The standard InChI is InChI=1S/C21H22N2O4/c1-13(2)15-8-10-16(11-9-15)22-21(25)14(3)26-20(24)12-18-17-6-4-5-7-19(17)27-23-18/h4-11,13-14H,12H2,1-3H3,(H,22,25)/t14-/m0/s1. The summed E-state index contributed by atoms with van der Waals surface area (Å²) >= 11 is 0. The molecule has 0 saturated carbocycles. The number of fused-ring (bicyclic) bond motifs is 1. The predicted molar refractivity (Wildman–Crippen MR) is 102 cm³/mol. The maximum absolute atomic E-state index is 12.3. The zero-order valence-corrected chi connectivity index (χ0v) is 15.6. The van der Waals surface area contributed by atoms with Gasteiger partial charge in [0.2, 0.25) is 0 Å². The number of para-hydroxylation sites is 1. The number of nitrogens with one attached hydrogen (secondary N) is 1. The molecule has 6 heteroatoms. The minimum absolute atomic E-state index is 0.0578. The van der Waals surface area contributed by atoms with Crippen molar-refractivity contribution in [1.29, 1.82) is 0 Å². The average molecular weight is 366 g/mol. The van der Waals surface area contributed by atoms with Crippen LogP contribution in [0.1, 0.15) is 37.9 Å². The van der Waals surface area contributed by atoms with Gasteiger partial charge in [0.05, 0.1) is 6.42 Å². The van der Waals surface area contributed by atoms with Crippen LogP contribution in [-0.2, 0) is 20.7 Å². The summed E-state index contributed by atoms with van der Waals surface area (Å²) in [7, 11) is 0. The highest BCUT2D eigenvalue weighted by Crippen LogP contribution is 2.19. The van der Waals surface area contributed by atoms with Crippen molar-refractivity contribution in [2.45, 2.75) is 39.2 Å². The van der Waals surface area contributed by atoms with E-state index >= 15 is 0 Å². The second-order valence-corrected chi connectivity index (χ2v) is 6.70. The lowest BCUT2D eigenvalue weighted by atomic mass is 10.0. The number of hydrogen-bond donors (Lipinski definition) is 1. The van der Waals surface area contributed by atoms with Crippen LogP contribution < -0.4 is 5.32 Å². The number of amides is 1. The second-order valence-electron chi connectivity index (χ2n) is 6.70. The molecule has 27 heavy (non-hydrogen) atoms. The van der Waals surface area contributed by atoms with Crippen molar-refractivity contribution in [2.24, 2.45) is 0 Å². The Morgan fingerprint density at radius 3 is 2.48 bits per heavy atom. The molecule has 140 valence electrons. The number of carbonyl (C=O) groups is 2. The Morgan fingerprint density at radius 1 is 1.07 bits per heavy atom. The SMILES string of the molecule is CC(C)c1ccc(NC(=O)[C@H](C)OC(=O)Cc2noc3ccccc23)cc1. The van der Waals surface area contributed by atoms with Crippen molar-refractivity contribution < 1.29 is 18.8 Å². The average Bonchev–Trinajstić information content (AvgIpc) is 3.05. The smallest absolute Gasteiger partial charge is 0.312 e. The minimum atomic E-state index is -0.916. The lowest BCUT2D eigenvalue weighted by Crippen LogP contribution is -2.30. The lowest BCUT2D eigenvalue weighted by Gasteiger charge is -2.14. The number of ether oxygens (including phenoxy) is 1. The van der Waals surface area contributed by atoms with Crippen LogP contribution in [0.25, 0.3) is 11.0 Å². The van der Waals surface area contributed by atoms with E-state index in [1.54, 1.807) is 6.07 Å². The fourth-order valence-electron chi connectivity index (χ4n) is 2.69.